The second-order valence-electron chi connectivity index (χ2n) is 4.38. The van der Waals surface area contributed by atoms with Crippen molar-refractivity contribution in [2.45, 2.75) is 32.7 Å². The van der Waals surface area contributed by atoms with Crippen LogP contribution in [-0.2, 0) is 9.59 Å². The molecule has 19 heavy (non-hydrogen) atoms. The molecule has 0 aliphatic heterocycles. The number of carboxylic acid groups (broad SMARTS) is 1. The van der Waals surface area contributed by atoms with Crippen LogP contribution < -0.4 is 5.32 Å². The first-order chi connectivity index (χ1) is 9.02. The summed E-state index contributed by atoms with van der Waals surface area (Å²) < 4.78 is 0. The molecule has 1 atom stereocenters. The zero-order valence-electron chi connectivity index (χ0n) is 11.2. The molecule has 0 fully saturated rings. The fraction of sp³-hybridized carbons (Fsp3) is 0.333. The third kappa shape index (κ3) is 5.38. The summed E-state index contributed by atoms with van der Waals surface area (Å²) in [5, 5.41) is 11.4. The number of carbonyl (C=O) groups is 2. The lowest BCUT2D eigenvalue weighted by Crippen LogP contribution is -2.26. The summed E-state index contributed by atoms with van der Waals surface area (Å²) in [6.07, 6.45) is 4.00. The van der Waals surface area contributed by atoms with Gasteiger partial charge < -0.3 is 10.4 Å². The topological polar surface area (TPSA) is 66.4 Å². The van der Waals surface area contributed by atoms with E-state index in [2.05, 4.69) is 5.32 Å². The standard InChI is InChI=1S/C15H19NO3/c1-3-4-14(17)16-11(2)13-8-5-12(6-9-13)7-10-15(18)19/h5-11H,3-4H2,1-2H3,(H,16,17)(H,18,19). The normalized spacial score (nSPS) is 12.3. The molecule has 0 saturated heterocycles. The lowest BCUT2D eigenvalue weighted by molar-refractivity contribution is -0.131. The quantitative estimate of drug-likeness (QED) is 0.774. The van der Waals surface area contributed by atoms with E-state index in [9.17, 15) is 9.59 Å². The molecule has 0 spiro atoms. The Bertz CT molecular complexity index is 463. The van der Waals surface area contributed by atoms with E-state index in [1.165, 1.54) is 6.08 Å². The van der Waals surface area contributed by atoms with Crippen LogP contribution in [0.3, 0.4) is 0 Å². The van der Waals surface area contributed by atoms with Gasteiger partial charge in [-0.3, -0.25) is 4.79 Å². The van der Waals surface area contributed by atoms with Crippen LogP contribution in [0.1, 0.15) is 43.9 Å². The van der Waals surface area contributed by atoms with Gasteiger partial charge in [0.05, 0.1) is 6.04 Å². The van der Waals surface area contributed by atoms with Crippen molar-refractivity contribution in [3.63, 3.8) is 0 Å². The van der Waals surface area contributed by atoms with Crippen LogP contribution in [0.15, 0.2) is 30.3 Å². The number of nitrogens with one attached hydrogen (secondary N) is 1. The Hall–Kier alpha value is -2.10. The molecular formula is C15H19NO3. The summed E-state index contributed by atoms with van der Waals surface area (Å²) in [4.78, 5) is 21.9. The molecule has 0 bridgehead atoms. The van der Waals surface area contributed by atoms with Gasteiger partial charge >= 0.3 is 5.97 Å². The summed E-state index contributed by atoms with van der Waals surface area (Å²) >= 11 is 0. The number of rotatable bonds is 6. The van der Waals surface area contributed by atoms with Gasteiger partial charge in [-0.15, -0.1) is 0 Å². The molecule has 4 heteroatoms. The number of hydrogen-bond donors (Lipinski definition) is 2. The Labute approximate surface area is 113 Å². The minimum absolute atomic E-state index is 0.0449. The smallest absolute Gasteiger partial charge is 0.328 e. The van der Waals surface area contributed by atoms with Crippen molar-refractivity contribution >= 4 is 18.0 Å². The first-order valence-electron chi connectivity index (χ1n) is 6.33. The van der Waals surface area contributed by atoms with E-state index in [0.29, 0.717) is 6.42 Å². The monoisotopic (exact) mass is 261 g/mol. The SMILES string of the molecule is CCCC(=O)NC(C)c1ccc(C=CC(=O)O)cc1. The van der Waals surface area contributed by atoms with Crippen molar-refractivity contribution in [3.8, 4) is 0 Å². The highest BCUT2D eigenvalue weighted by atomic mass is 16.4. The Morgan fingerprint density at radius 2 is 1.95 bits per heavy atom. The summed E-state index contributed by atoms with van der Waals surface area (Å²) in [7, 11) is 0. The van der Waals surface area contributed by atoms with E-state index in [4.69, 9.17) is 5.11 Å². The van der Waals surface area contributed by atoms with Crippen molar-refractivity contribution in [1.29, 1.82) is 0 Å². The molecule has 1 amide bonds. The minimum atomic E-state index is -0.968. The largest absolute Gasteiger partial charge is 0.478 e. The Kier molecular flexibility index (Phi) is 5.79. The van der Waals surface area contributed by atoms with Crippen LogP contribution >= 0.6 is 0 Å². The van der Waals surface area contributed by atoms with Gasteiger partial charge in [-0.25, -0.2) is 4.79 Å². The number of benzene rings is 1. The molecular weight excluding hydrogens is 242 g/mol. The highest BCUT2D eigenvalue weighted by Crippen LogP contribution is 2.14. The molecule has 102 valence electrons. The lowest BCUT2D eigenvalue weighted by Gasteiger charge is -2.14. The summed E-state index contributed by atoms with van der Waals surface area (Å²) in [6, 6.07) is 7.39. The van der Waals surface area contributed by atoms with Gasteiger partial charge in [0.2, 0.25) is 5.91 Å². The molecule has 1 rings (SSSR count). The molecule has 4 nitrogen and oxygen atoms in total. The van der Waals surface area contributed by atoms with Crippen LogP contribution in [0.2, 0.25) is 0 Å². The van der Waals surface area contributed by atoms with Gasteiger partial charge in [-0.1, -0.05) is 31.2 Å². The number of amides is 1. The third-order valence-electron chi connectivity index (χ3n) is 2.71. The predicted octanol–water partition coefficient (Wildman–Crippen LogP) is 2.76. The Balaban J connectivity index is 2.65. The van der Waals surface area contributed by atoms with Crippen molar-refractivity contribution in [3.05, 3.63) is 41.5 Å². The number of carbonyl (C=O) groups excluding carboxylic acids is 1. The predicted molar refractivity (Wildman–Crippen MR) is 74.6 cm³/mol. The van der Waals surface area contributed by atoms with Gasteiger partial charge in [0.25, 0.3) is 0 Å². The van der Waals surface area contributed by atoms with Crippen LogP contribution in [-0.4, -0.2) is 17.0 Å². The molecule has 0 heterocycles. The van der Waals surface area contributed by atoms with Gasteiger partial charge in [-0.2, -0.15) is 0 Å². The maximum Gasteiger partial charge on any atom is 0.328 e. The van der Waals surface area contributed by atoms with E-state index in [-0.39, 0.29) is 11.9 Å². The van der Waals surface area contributed by atoms with Crippen molar-refractivity contribution in [1.82, 2.24) is 5.32 Å². The average Bonchev–Trinajstić information content (AvgIpc) is 2.37. The van der Waals surface area contributed by atoms with Crippen LogP contribution in [0.5, 0.6) is 0 Å². The molecule has 0 aromatic heterocycles. The number of aliphatic carboxylic acids is 1. The minimum Gasteiger partial charge on any atom is -0.478 e. The second kappa shape index (κ2) is 7.36. The Morgan fingerprint density at radius 3 is 2.47 bits per heavy atom. The molecule has 0 aliphatic rings. The zero-order valence-corrected chi connectivity index (χ0v) is 11.2. The fourth-order valence-electron chi connectivity index (χ4n) is 1.69. The zero-order chi connectivity index (χ0) is 14.3. The van der Waals surface area contributed by atoms with Crippen molar-refractivity contribution in [2.24, 2.45) is 0 Å². The van der Waals surface area contributed by atoms with Crippen molar-refractivity contribution in [2.75, 3.05) is 0 Å². The van der Waals surface area contributed by atoms with Crippen LogP contribution in [0.25, 0.3) is 6.08 Å². The molecule has 1 aromatic rings. The van der Waals surface area contributed by atoms with Gasteiger partial charge in [0, 0.05) is 12.5 Å². The molecule has 1 aromatic carbocycles. The molecule has 0 radical (unpaired) electrons. The van der Waals surface area contributed by atoms with Gasteiger partial charge in [0.15, 0.2) is 0 Å². The van der Waals surface area contributed by atoms with Crippen LogP contribution in [0, 0.1) is 0 Å². The van der Waals surface area contributed by atoms with Gasteiger partial charge in [-0.05, 0) is 30.5 Å². The first kappa shape index (κ1) is 15.0. The van der Waals surface area contributed by atoms with E-state index in [0.717, 1.165) is 23.6 Å². The molecule has 0 aliphatic carbocycles. The maximum absolute atomic E-state index is 11.5. The molecule has 1 unspecified atom stereocenters. The van der Waals surface area contributed by atoms with E-state index in [1.807, 2.05) is 38.1 Å². The Morgan fingerprint density at radius 1 is 1.32 bits per heavy atom. The van der Waals surface area contributed by atoms with Gasteiger partial charge in [0.1, 0.15) is 0 Å². The lowest BCUT2D eigenvalue weighted by atomic mass is 10.1. The average molecular weight is 261 g/mol. The van der Waals surface area contributed by atoms with Crippen LogP contribution in [0.4, 0.5) is 0 Å². The summed E-state index contributed by atoms with van der Waals surface area (Å²) in [5.74, 6) is -0.922. The first-order valence-corrected chi connectivity index (χ1v) is 6.33. The molecule has 0 saturated carbocycles. The number of carboxylic acids is 1. The maximum atomic E-state index is 11.5. The van der Waals surface area contributed by atoms with E-state index < -0.39 is 5.97 Å². The molecule has 2 N–H and O–H groups in total. The fourth-order valence-corrected chi connectivity index (χ4v) is 1.69. The highest BCUT2D eigenvalue weighted by Gasteiger charge is 2.08. The highest BCUT2D eigenvalue weighted by molar-refractivity contribution is 5.85. The van der Waals surface area contributed by atoms with E-state index >= 15 is 0 Å². The summed E-state index contributed by atoms with van der Waals surface area (Å²) in [5.41, 5.74) is 1.81. The van der Waals surface area contributed by atoms with E-state index in [1.54, 1.807) is 0 Å². The second-order valence-corrected chi connectivity index (χ2v) is 4.38. The third-order valence-corrected chi connectivity index (χ3v) is 2.71. The van der Waals surface area contributed by atoms with Crippen molar-refractivity contribution < 1.29 is 14.7 Å². The number of hydrogen-bond acceptors (Lipinski definition) is 2. The summed E-state index contributed by atoms with van der Waals surface area (Å²) in [6.45, 7) is 3.89.